The molecule has 13 heteroatoms. The fourth-order valence-electron chi connectivity index (χ4n) is 3.00. The Labute approximate surface area is 175 Å². The van der Waals surface area contributed by atoms with Crippen molar-refractivity contribution in [2.24, 2.45) is 0 Å². The second-order valence-corrected chi connectivity index (χ2v) is 11.6. The Morgan fingerprint density at radius 3 is 2.31 bits per heavy atom. The number of hydrogen-bond donors (Lipinski definition) is 1. The minimum absolute atomic E-state index is 0.111. The van der Waals surface area contributed by atoms with Crippen LogP contribution >= 0.6 is 22.9 Å². The van der Waals surface area contributed by atoms with Gasteiger partial charge in [-0.05, 0) is 42.5 Å². The summed E-state index contributed by atoms with van der Waals surface area (Å²) in [6.07, 6.45) is -4.61. The zero-order valence-corrected chi connectivity index (χ0v) is 17.9. The lowest BCUT2D eigenvalue weighted by molar-refractivity contribution is -0.139. The van der Waals surface area contributed by atoms with Crippen molar-refractivity contribution in [2.75, 3.05) is 13.1 Å². The average molecular weight is 489 g/mol. The number of benzene rings is 1. The zero-order valence-electron chi connectivity index (χ0n) is 14.7. The largest absolute Gasteiger partial charge is 0.417 e. The maximum absolute atomic E-state index is 13.3. The highest BCUT2D eigenvalue weighted by atomic mass is 35.5. The van der Waals surface area contributed by atoms with Crippen molar-refractivity contribution in [1.82, 2.24) is 9.03 Å². The molecule has 1 aliphatic heterocycles. The first-order valence-corrected chi connectivity index (χ1v) is 12.5. The zero-order chi connectivity index (χ0) is 21.4. The van der Waals surface area contributed by atoms with E-state index in [2.05, 4.69) is 4.72 Å². The van der Waals surface area contributed by atoms with Crippen LogP contribution in [0.1, 0.15) is 18.4 Å². The van der Waals surface area contributed by atoms with E-state index >= 15 is 0 Å². The van der Waals surface area contributed by atoms with Crippen LogP contribution in [0.3, 0.4) is 0 Å². The Hall–Kier alpha value is -1.18. The first-order valence-electron chi connectivity index (χ1n) is 8.34. The third-order valence-electron chi connectivity index (χ3n) is 4.40. The molecule has 0 aliphatic carbocycles. The number of nitrogens with one attached hydrogen (secondary N) is 1. The maximum Gasteiger partial charge on any atom is 0.417 e. The van der Waals surface area contributed by atoms with E-state index in [1.54, 1.807) is 11.4 Å². The molecule has 0 spiro atoms. The number of rotatable bonds is 5. The summed E-state index contributed by atoms with van der Waals surface area (Å²) in [6, 6.07) is 5.04. The van der Waals surface area contributed by atoms with Gasteiger partial charge in [0, 0.05) is 24.2 Å². The molecule has 0 radical (unpaired) electrons. The molecule has 1 N–H and O–H groups in total. The summed E-state index contributed by atoms with van der Waals surface area (Å²) in [7, 11) is -8.14. The summed E-state index contributed by atoms with van der Waals surface area (Å²) in [4.78, 5) is -0.869. The van der Waals surface area contributed by atoms with Crippen LogP contribution in [-0.4, -0.2) is 40.3 Å². The second kappa shape index (κ2) is 8.16. The molecule has 2 heterocycles. The van der Waals surface area contributed by atoms with Gasteiger partial charge in [-0.15, -0.1) is 11.3 Å². The normalized spacial score (nSPS) is 17.5. The molecule has 29 heavy (non-hydrogen) atoms. The predicted molar refractivity (Wildman–Crippen MR) is 103 cm³/mol. The van der Waals surface area contributed by atoms with Crippen LogP contribution in [0.15, 0.2) is 44.8 Å². The Morgan fingerprint density at radius 2 is 1.76 bits per heavy atom. The van der Waals surface area contributed by atoms with Crippen LogP contribution in [-0.2, 0) is 26.2 Å². The lowest BCUT2D eigenvalue weighted by Crippen LogP contribution is -2.46. The Kier molecular flexibility index (Phi) is 6.33. The molecule has 2 aromatic rings. The van der Waals surface area contributed by atoms with Crippen molar-refractivity contribution in [3.63, 3.8) is 0 Å². The van der Waals surface area contributed by atoms with Gasteiger partial charge in [-0.2, -0.15) is 17.5 Å². The third-order valence-corrected chi connectivity index (χ3v) is 9.51. The first kappa shape index (κ1) is 22.5. The number of halogens is 4. The first-order chi connectivity index (χ1) is 13.4. The minimum Gasteiger partial charge on any atom is -0.207 e. The Balaban J connectivity index is 1.76. The van der Waals surface area contributed by atoms with Gasteiger partial charge >= 0.3 is 6.18 Å². The smallest absolute Gasteiger partial charge is 0.207 e. The molecule has 0 saturated carbocycles. The fraction of sp³-hybridized carbons (Fsp3) is 0.375. The van der Waals surface area contributed by atoms with Gasteiger partial charge in [-0.25, -0.2) is 21.6 Å². The summed E-state index contributed by atoms with van der Waals surface area (Å²) in [5, 5.41) is 1.40. The molecule has 1 aliphatic rings. The van der Waals surface area contributed by atoms with Gasteiger partial charge in [-0.1, -0.05) is 17.7 Å². The molecule has 6 nitrogen and oxygen atoms in total. The standard InChI is InChI=1S/C16H16ClF3N2O4S3/c17-11-3-4-14(13(10-11)16(18,19)20)29(25,26)22-7-5-12(6-8-22)21-28(23,24)15-2-1-9-27-15/h1-4,9-10,12,21H,5-8H2. The van der Waals surface area contributed by atoms with Gasteiger partial charge in [0.15, 0.2) is 0 Å². The predicted octanol–water partition coefficient (Wildman–Crippen LogP) is 3.55. The number of sulfonamides is 2. The monoisotopic (exact) mass is 488 g/mol. The summed E-state index contributed by atoms with van der Waals surface area (Å²) in [5.41, 5.74) is -1.33. The molecule has 160 valence electrons. The van der Waals surface area contributed by atoms with Gasteiger partial charge in [0.1, 0.15) is 4.21 Å². The summed E-state index contributed by atoms with van der Waals surface area (Å²) < 4.78 is 93.6. The van der Waals surface area contributed by atoms with Crippen LogP contribution in [0.5, 0.6) is 0 Å². The van der Waals surface area contributed by atoms with E-state index in [1.165, 1.54) is 6.07 Å². The van der Waals surface area contributed by atoms with Crippen LogP contribution in [0.25, 0.3) is 0 Å². The summed E-state index contributed by atoms with van der Waals surface area (Å²) in [6.45, 7) is -0.222. The van der Waals surface area contributed by atoms with Crippen molar-refractivity contribution in [3.8, 4) is 0 Å². The molecule has 0 amide bonds. The van der Waals surface area contributed by atoms with E-state index in [0.717, 1.165) is 27.8 Å². The van der Waals surface area contributed by atoms with Crippen molar-refractivity contribution in [3.05, 3.63) is 46.3 Å². The molecule has 1 saturated heterocycles. The number of piperidine rings is 1. The van der Waals surface area contributed by atoms with E-state index in [-0.39, 0.29) is 35.2 Å². The number of thiophene rings is 1. The topological polar surface area (TPSA) is 83.6 Å². The molecule has 0 bridgehead atoms. The highest BCUT2D eigenvalue weighted by Crippen LogP contribution is 2.37. The van der Waals surface area contributed by atoms with Gasteiger partial charge in [0.2, 0.25) is 20.0 Å². The van der Waals surface area contributed by atoms with E-state index in [1.807, 2.05) is 0 Å². The van der Waals surface area contributed by atoms with Crippen molar-refractivity contribution >= 4 is 43.0 Å². The molecular formula is C16H16ClF3N2O4S3. The summed E-state index contributed by atoms with van der Waals surface area (Å²) >= 11 is 6.66. The molecule has 1 aromatic carbocycles. The van der Waals surface area contributed by atoms with E-state index < -0.39 is 42.7 Å². The third kappa shape index (κ3) is 4.94. The maximum atomic E-state index is 13.3. The number of alkyl halides is 3. The van der Waals surface area contributed by atoms with E-state index in [4.69, 9.17) is 11.6 Å². The SMILES string of the molecule is O=S(=O)(NC1CCN(S(=O)(=O)c2ccc(Cl)cc2C(F)(F)F)CC1)c1cccs1. The van der Waals surface area contributed by atoms with Gasteiger partial charge in [-0.3, -0.25) is 0 Å². The van der Waals surface area contributed by atoms with Crippen molar-refractivity contribution < 1.29 is 30.0 Å². The quantitative estimate of drug-likeness (QED) is 0.697. The van der Waals surface area contributed by atoms with Crippen LogP contribution in [0.4, 0.5) is 13.2 Å². The van der Waals surface area contributed by atoms with Gasteiger partial charge in [0.05, 0.1) is 10.5 Å². The van der Waals surface area contributed by atoms with Crippen molar-refractivity contribution in [1.29, 1.82) is 0 Å². The van der Waals surface area contributed by atoms with E-state index in [0.29, 0.717) is 6.07 Å². The van der Waals surface area contributed by atoms with Gasteiger partial charge < -0.3 is 0 Å². The minimum atomic E-state index is -4.89. The Bertz CT molecular complexity index is 1080. The van der Waals surface area contributed by atoms with Gasteiger partial charge in [0.25, 0.3) is 0 Å². The molecule has 0 unspecified atom stereocenters. The number of nitrogens with zero attached hydrogens (tertiary/aromatic N) is 1. The van der Waals surface area contributed by atoms with Crippen LogP contribution in [0, 0.1) is 0 Å². The van der Waals surface area contributed by atoms with Crippen LogP contribution in [0.2, 0.25) is 5.02 Å². The highest BCUT2D eigenvalue weighted by Gasteiger charge is 2.40. The van der Waals surface area contributed by atoms with E-state index in [9.17, 15) is 30.0 Å². The lowest BCUT2D eigenvalue weighted by Gasteiger charge is -2.32. The second-order valence-electron chi connectivity index (χ2n) is 6.37. The fourth-order valence-corrected chi connectivity index (χ4v) is 7.14. The summed E-state index contributed by atoms with van der Waals surface area (Å²) in [5.74, 6) is 0. The molecule has 3 rings (SSSR count). The highest BCUT2D eigenvalue weighted by molar-refractivity contribution is 7.91. The molecule has 1 fully saturated rings. The average Bonchev–Trinajstić information content (AvgIpc) is 3.16. The lowest BCUT2D eigenvalue weighted by atomic mass is 10.1. The van der Waals surface area contributed by atoms with Crippen molar-refractivity contribution in [2.45, 2.75) is 34.2 Å². The number of hydrogen-bond acceptors (Lipinski definition) is 5. The Morgan fingerprint density at radius 1 is 1.10 bits per heavy atom. The molecule has 1 aromatic heterocycles. The van der Waals surface area contributed by atoms with Crippen LogP contribution < -0.4 is 4.72 Å². The molecular weight excluding hydrogens is 473 g/mol. The molecule has 0 atom stereocenters.